The molecule has 7 heteroatoms. The monoisotopic (exact) mass is 396 g/mol. The van der Waals surface area contributed by atoms with Gasteiger partial charge in [0.1, 0.15) is 18.4 Å². The zero-order chi connectivity index (χ0) is 13.9. The van der Waals surface area contributed by atoms with Crippen molar-refractivity contribution in [3.8, 4) is 5.69 Å². The molecule has 0 saturated heterocycles. The van der Waals surface area contributed by atoms with Crippen molar-refractivity contribution in [2.24, 2.45) is 0 Å². The maximum atomic E-state index is 5.52. The summed E-state index contributed by atoms with van der Waals surface area (Å²) in [5, 5.41) is 10.9. The van der Waals surface area contributed by atoms with Crippen LogP contribution in [0.4, 0.5) is 5.69 Å². The minimum atomic E-state index is 0.607. The molecule has 2 heterocycles. The van der Waals surface area contributed by atoms with Gasteiger partial charge >= 0.3 is 0 Å². The van der Waals surface area contributed by atoms with E-state index >= 15 is 0 Å². The van der Waals surface area contributed by atoms with Crippen LogP contribution in [0.1, 0.15) is 5.76 Å². The highest BCUT2D eigenvalue weighted by atomic mass is 79.9. The molecule has 3 rings (SSSR count). The zero-order valence-corrected chi connectivity index (χ0v) is 13.4. The van der Waals surface area contributed by atoms with Gasteiger partial charge in [0.15, 0.2) is 4.67 Å². The quantitative estimate of drug-likeness (QED) is 0.722. The highest BCUT2D eigenvalue weighted by Gasteiger charge is 2.06. The topological polar surface area (TPSA) is 55.9 Å². The molecule has 3 aromatic rings. The van der Waals surface area contributed by atoms with Crippen molar-refractivity contribution in [3.63, 3.8) is 0 Å². The van der Waals surface area contributed by atoms with Crippen molar-refractivity contribution in [1.82, 2.24) is 14.8 Å². The molecule has 0 unspecified atom stereocenters. The Labute approximate surface area is 132 Å². The number of rotatable bonds is 4. The molecule has 0 aliphatic heterocycles. The number of nitrogens with zero attached hydrogens (tertiary/aromatic N) is 3. The third-order valence-electron chi connectivity index (χ3n) is 2.73. The fourth-order valence-electron chi connectivity index (χ4n) is 1.78. The van der Waals surface area contributed by atoms with Gasteiger partial charge in [-0.05, 0) is 56.1 Å². The summed E-state index contributed by atoms with van der Waals surface area (Å²) in [4.78, 5) is 0. The molecule has 0 aliphatic carbocycles. The first kappa shape index (κ1) is 13.4. The van der Waals surface area contributed by atoms with Crippen LogP contribution in [0.2, 0.25) is 0 Å². The summed E-state index contributed by atoms with van der Waals surface area (Å²) in [6, 6.07) is 9.93. The van der Waals surface area contributed by atoms with E-state index in [-0.39, 0.29) is 0 Å². The van der Waals surface area contributed by atoms with E-state index in [0.717, 1.165) is 21.6 Å². The predicted octanol–water partition coefficient (Wildman–Crippen LogP) is 4.00. The van der Waals surface area contributed by atoms with Gasteiger partial charge in [-0.3, -0.25) is 4.57 Å². The number of aromatic nitrogens is 3. The summed E-state index contributed by atoms with van der Waals surface area (Å²) >= 11 is 6.72. The fourth-order valence-corrected chi connectivity index (χ4v) is 2.44. The van der Waals surface area contributed by atoms with E-state index in [1.807, 2.05) is 34.9 Å². The maximum absolute atomic E-state index is 5.52. The van der Waals surface area contributed by atoms with E-state index in [1.165, 1.54) is 0 Å². The van der Waals surface area contributed by atoms with Gasteiger partial charge in [-0.2, -0.15) is 0 Å². The standard InChI is InChI=1S/C13H10Br2N4O/c14-12-5-11(20-13(12)15)6-16-9-2-1-3-10(4-9)19-7-17-18-8-19/h1-5,7-8,16H,6H2. The number of halogens is 2. The highest BCUT2D eigenvalue weighted by molar-refractivity contribution is 9.13. The van der Waals surface area contributed by atoms with Crippen molar-refractivity contribution in [2.75, 3.05) is 5.32 Å². The molecular weight excluding hydrogens is 388 g/mol. The lowest BCUT2D eigenvalue weighted by Gasteiger charge is -2.07. The van der Waals surface area contributed by atoms with Gasteiger partial charge in [-0.25, -0.2) is 0 Å². The van der Waals surface area contributed by atoms with E-state index in [0.29, 0.717) is 11.2 Å². The summed E-state index contributed by atoms with van der Waals surface area (Å²) < 4.78 is 8.98. The average Bonchev–Trinajstić information content (AvgIpc) is 3.08. The molecule has 2 aromatic heterocycles. The first-order valence-corrected chi connectivity index (χ1v) is 7.43. The molecule has 1 aromatic carbocycles. The molecule has 0 spiro atoms. The van der Waals surface area contributed by atoms with Crippen molar-refractivity contribution >= 4 is 37.5 Å². The first-order chi connectivity index (χ1) is 9.72. The molecular formula is C13H10Br2N4O. The predicted molar refractivity (Wildman–Crippen MR) is 82.8 cm³/mol. The summed E-state index contributed by atoms with van der Waals surface area (Å²) in [5.74, 6) is 0.846. The largest absolute Gasteiger partial charge is 0.451 e. The van der Waals surface area contributed by atoms with E-state index < -0.39 is 0 Å². The lowest BCUT2D eigenvalue weighted by atomic mass is 10.2. The van der Waals surface area contributed by atoms with Crippen LogP contribution in [0, 0.1) is 0 Å². The average molecular weight is 398 g/mol. The van der Waals surface area contributed by atoms with E-state index in [1.54, 1.807) is 12.7 Å². The Morgan fingerprint density at radius 1 is 1.15 bits per heavy atom. The van der Waals surface area contributed by atoms with Crippen LogP contribution in [-0.2, 0) is 6.54 Å². The molecule has 0 saturated carbocycles. The molecule has 0 amide bonds. The fraction of sp³-hybridized carbons (Fsp3) is 0.0769. The van der Waals surface area contributed by atoms with Crippen LogP contribution in [0.3, 0.4) is 0 Å². The summed E-state index contributed by atoms with van der Waals surface area (Å²) in [7, 11) is 0. The maximum Gasteiger partial charge on any atom is 0.183 e. The first-order valence-electron chi connectivity index (χ1n) is 5.85. The molecule has 0 fully saturated rings. The van der Waals surface area contributed by atoms with Crippen LogP contribution < -0.4 is 5.32 Å². The molecule has 102 valence electrons. The lowest BCUT2D eigenvalue weighted by molar-refractivity contribution is 0.494. The van der Waals surface area contributed by atoms with Crippen molar-refractivity contribution in [1.29, 1.82) is 0 Å². The minimum absolute atomic E-state index is 0.607. The second-order valence-corrected chi connectivity index (χ2v) is 5.68. The third-order valence-corrected chi connectivity index (χ3v) is 4.44. The molecule has 1 N–H and O–H groups in total. The van der Waals surface area contributed by atoms with Crippen LogP contribution in [0.5, 0.6) is 0 Å². The molecule has 20 heavy (non-hydrogen) atoms. The molecule has 0 aliphatic rings. The van der Waals surface area contributed by atoms with Gasteiger partial charge in [0.05, 0.1) is 16.7 Å². The Hall–Kier alpha value is -1.60. The molecule has 0 atom stereocenters. The van der Waals surface area contributed by atoms with Crippen molar-refractivity contribution in [2.45, 2.75) is 6.54 Å². The normalized spacial score (nSPS) is 10.7. The Balaban J connectivity index is 1.73. The third kappa shape index (κ3) is 2.94. The Morgan fingerprint density at radius 2 is 1.95 bits per heavy atom. The number of hydrogen-bond donors (Lipinski definition) is 1. The van der Waals surface area contributed by atoms with Gasteiger partial charge in [0.2, 0.25) is 0 Å². The van der Waals surface area contributed by atoms with Crippen LogP contribution in [0.25, 0.3) is 5.69 Å². The number of hydrogen-bond acceptors (Lipinski definition) is 4. The van der Waals surface area contributed by atoms with Crippen molar-refractivity contribution < 1.29 is 4.42 Å². The smallest absolute Gasteiger partial charge is 0.183 e. The van der Waals surface area contributed by atoms with E-state index in [4.69, 9.17) is 4.42 Å². The number of anilines is 1. The van der Waals surface area contributed by atoms with Crippen molar-refractivity contribution in [3.05, 3.63) is 57.9 Å². The minimum Gasteiger partial charge on any atom is -0.451 e. The Kier molecular flexibility index (Phi) is 3.88. The van der Waals surface area contributed by atoms with Gasteiger partial charge < -0.3 is 9.73 Å². The molecule has 0 bridgehead atoms. The second-order valence-electron chi connectivity index (χ2n) is 4.11. The molecule has 0 radical (unpaired) electrons. The van der Waals surface area contributed by atoms with E-state index in [2.05, 4.69) is 47.4 Å². The van der Waals surface area contributed by atoms with Gasteiger partial charge in [-0.15, -0.1) is 10.2 Å². The van der Waals surface area contributed by atoms with Crippen LogP contribution in [-0.4, -0.2) is 14.8 Å². The summed E-state index contributed by atoms with van der Waals surface area (Å²) in [5.41, 5.74) is 2.00. The lowest BCUT2D eigenvalue weighted by Crippen LogP contribution is -1.99. The summed E-state index contributed by atoms with van der Waals surface area (Å²) in [6.07, 6.45) is 3.33. The van der Waals surface area contributed by atoms with Crippen LogP contribution >= 0.6 is 31.9 Å². The Morgan fingerprint density at radius 3 is 2.65 bits per heavy atom. The van der Waals surface area contributed by atoms with Gasteiger partial charge in [-0.1, -0.05) is 6.07 Å². The summed E-state index contributed by atoms with van der Waals surface area (Å²) in [6.45, 7) is 0.607. The highest BCUT2D eigenvalue weighted by Crippen LogP contribution is 2.27. The number of benzene rings is 1. The second kappa shape index (κ2) is 5.80. The van der Waals surface area contributed by atoms with Gasteiger partial charge in [0, 0.05) is 5.69 Å². The van der Waals surface area contributed by atoms with E-state index in [9.17, 15) is 0 Å². The SMILES string of the molecule is Brc1cc(CNc2cccc(-n3cnnc3)c2)oc1Br. The Bertz CT molecular complexity index is 689. The van der Waals surface area contributed by atoms with Gasteiger partial charge in [0.25, 0.3) is 0 Å². The van der Waals surface area contributed by atoms with Crippen LogP contribution in [0.15, 0.2) is 56.5 Å². The zero-order valence-electron chi connectivity index (χ0n) is 10.3. The molecule has 5 nitrogen and oxygen atoms in total. The number of furan rings is 1. The number of nitrogens with one attached hydrogen (secondary N) is 1.